The minimum Gasteiger partial charge on any atom is -0.378 e. The van der Waals surface area contributed by atoms with Crippen LogP contribution in [0.15, 0.2) is 27.3 Å². The SMILES string of the molecule is CNc1nc(-c2ccc(Br)cn2)nc(COC)c1Br. The summed E-state index contributed by atoms with van der Waals surface area (Å²) in [5, 5.41) is 3.03. The van der Waals surface area contributed by atoms with Crippen molar-refractivity contribution < 1.29 is 4.74 Å². The van der Waals surface area contributed by atoms with Crippen LogP contribution in [0.25, 0.3) is 11.5 Å². The van der Waals surface area contributed by atoms with Crippen LogP contribution in [0, 0.1) is 0 Å². The van der Waals surface area contributed by atoms with E-state index in [0.717, 1.165) is 14.6 Å². The molecule has 0 saturated carbocycles. The molecule has 2 rings (SSSR count). The number of ether oxygens (including phenoxy) is 1. The Morgan fingerprint density at radius 3 is 2.63 bits per heavy atom. The van der Waals surface area contributed by atoms with Gasteiger partial charge in [0.05, 0.1) is 16.8 Å². The number of hydrogen-bond acceptors (Lipinski definition) is 5. The standard InChI is InChI=1S/C12H12Br2N4O/c1-15-12-10(14)9(6-19-2)17-11(18-12)8-4-3-7(13)5-16-8/h3-5H,6H2,1-2H3,(H,15,17,18). The van der Waals surface area contributed by atoms with Crippen LogP contribution >= 0.6 is 31.9 Å². The van der Waals surface area contributed by atoms with Crippen molar-refractivity contribution in [3.8, 4) is 11.5 Å². The second kappa shape index (κ2) is 6.40. The van der Waals surface area contributed by atoms with Gasteiger partial charge in [0.25, 0.3) is 0 Å². The Morgan fingerprint density at radius 1 is 1.26 bits per heavy atom. The van der Waals surface area contributed by atoms with E-state index >= 15 is 0 Å². The molecule has 0 radical (unpaired) electrons. The average molecular weight is 388 g/mol. The first-order valence-corrected chi connectivity index (χ1v) is 7.09. The predicted octanol–water partition coefficient (Wildman–Crippen LogP) is 3.25. The molecule has 7 heteroatoms. The third kappa shape index (κ3) is 3.29. The quantitative estimate of drug-likeness (QED) is 0.872. The van der Waals surface area contributed by atoms with Gasteiger partial charge in [0, 0.05) is 24.8 Å². The molecular formula is C12H12Br2N4O. The van der Waals surface area contributed by atoms with Crippen LogP contribution in [-0.4, -0.2) is 29.1 Å². The molecule has 0 spiro atoms. The number of halogens is 2. The number of hydrogen-bond donors (Lipinski definition) is 1. The Bertz CT molecular complexity index is 575. The Morgan fingerprint density at radius 2 is 2.05 bits per heavy atom. The van der Waals surface area contributed by atoms with Gasteiger partial charge in [-0.2, -0.15) is 0 Å². The molecule has 0 amide bonds. The Balaban J connectivity index is 2.51. The van der Waals surface area contributed by atoms with Crippen molar-refractivity contribution in [3.63, 3.8) is 0 Å². The number of nitrogens with one attached hydrogen (secondary N) is 1. The fraction of sp³-hybridized carbons (Fsp3) is 0.250. The van der Waals surface area contributed by atoms with E-state index in [-0.39, 0.29) is 0 Å². The second-order valence-electron chi connectivity index (χ2n) is 3.70. The maximum atomic E-state index is 5.14. The van der Waals surface area contributed by atoms with Crippen LogP contribution in [0.3, 0.4) is 0 Å². The molecule has 0 atom stereocenters. The summed E-state index contributed by atoms with van der Waals surface area (Å²) in [5.41, 5.74) is 1.49. The summed E-state index contributed by atoms with van der Waals surface area (Å²) in [7, 11) is 3.44. The summed E-state index contributed by atoms with van der Waals surface area (Å²) < 4.78 is 6.86. The minimum absolute atomic E-state index is 0.404. The average Bonchev–Trinajstić information content (AvgIpc) is 2.42. The van der Waals surface area contributed by atoms with Crippen LogP contribution in [0.5, 0.6) is 0 Å². The summed E-state index contributed by atoms with van der Waals surface area (Å²) in [5.74, 6) is 1.27. The first kappa shape index (κ1) is 14.4. The number of aromatic nitrogens is 3. The van der Waals surface area contributed by atoms with Crippen LogP contribution < -0.4 is 5.32 Å². The number of anilines is 1. The molecule has 0 saturated heterocycles. The highest BCUT2D eigenvalue weighted by Crippen LogP contribution is 2.27. The highest BCUT2D eigenvalue weighted by atomic mass is 79.9. The molecule has 1 N–H and O–H groups in total. The van der Waals surface area contributed by atoms with E-state index in [4.69, 9.17) is 4.74 Å². The molecule has 0 aromatic carbocycles. The van der Waals surface area contributed by atoms with E-state index in [1.54, 1.807) is 13.3 Å². The summed E-state index contributed by atoms with van der Waals surface area (Å²) in [6, 6.07) is 3.77. The molecule has 5 nitrogen and oxygen atoms in total. The fourth-order valence-corrected chi connectivity index (χ4v) is 2.24. The molecule has 0 aliphatic rings. The molecule has 0 fully saturated rings. The first-order chi connectivity index (χ1) is 9.15. The number of pyridine rings is 1. The molecule has 2 aromatic heterocycles. The van der Waals surface area contributed by atoms with Crippen molar-refractivity contribution in [1.29, 1.82) is 0 Å². The monoisotopic (exact) mass is 386 g/mol. The lowest BCUT2D eigenvalue weighted by Crippen LogP contribution is -2.04. The summed E-state index contributed by atoms with van der Waals surface area (Å²) >= 11 is 6.82. The lowest BCUT2D eigenvalue weighted by Gasteiger charge is -2.10. The minimum atomic E-state index is 0.404. The zero-order chi connectivity index (χ0) is 13.8. The second-order valence-corrected chi connectivity index (χ2v) is 5.41. The van der Waals surface area contributed by atoms with Crippen LogP contribution in [0.2, 0.25) is 0 Å². The van der Waals surface area contributed by atoms with Crippen molar-refractivity contribution in [2.45, 2.75) is 6.61 Å². The highest BCUT2D eigenvalue weighted by molar-refractivity contribution is 9.10. The Kier molecular flexibility index (Phi) is 4.84. The zero-order valence-electron chi connectivity index (χ0n) is 10.4. The smallest absolute Gasteiger partial charge is 0.180 e. The molecular weight excluding hydrogens is 376 g/mol. The van der Waals surface area contributed by atoms with Gasteiger partial charge in [-0.15, -0.1) is 0 Å². The lowest BCUT2D eigenvalue weighted by molar-refractivity contribution is 0.181. The molecule has 100 valence electrons. The highest BCUT2D eigenvalue weighted by Gasteiger charge is 2.13. The molecule has 0 aliphatic carbocycles. The van der Waals surface area contributed by atoms with E-state index in [1.165, 1.54) is 0 Å². The van der Waals surface area contributed by atoms with Crippen LogP contribution in [-0.2, 0) is 11.3 Å². The first-order valence-electron chi connectivity index (χ1n) is 5.50. The van der Waals surface area contributed by atoms with Gasteiger partial charge >= 0.3 is 0 Å². The van der Waals surface area contributed by atoms with E-state index < -0.39 is 0 Å². The van der Waals surface area contributed by atoms with Crippen molar-refractivity contribution in [2.75, 3.05) is 19.5 Å². The lowest BCUT2D eigenvalue weighted by atomic mass is 10.3. The maximum absolute atomic E-state index is 5.14. The van der Waals surface area contributed by atoms with Gasteiger partial charge < -0.3 is 10.1 Å². The van der Waals surface area contributed by atoms with E-state index in [0.29, 0.717) is 23.9 Å². The third-order valence-corrected chi connectivity index (χ3v) is 3.70. The van der Waals surface area contributed by atoms with Crippen molar-refractivity contribution in [3.05, 3.63) is 33.0 Å². The summed E-state index contributed by atoms with van der Waals surface area (Å²) in [6.07, 6.45) is 1.72. The Labute approximate surface area is 128 Å². The number of rotatable bonds is 4. The largest absolute Gasteiger partial charge is 0.378 e. The Hall–Kier alpha value is -1.05. The van der Waals surface area contributed by atoms with Gasteiger partial charge in [0.15, 0.2) is 5.82 Å². The molecule has 2 aromatic rings. The fourth-order valence-electron chi connectivity index (χ4n) is 1.51. The van der Waals surface area contributed by atoms with Gasteiger partial charge in [-0.25, -0.2) is 9.97 Å². The zero-order valence-corrected chi connectivity index (χ0v) is 13.6. The van der Waals surface area contributed by atoms with Gasteiger partial charge in [-0.1, -0.05) is 0 Å². The summed E-state index contributed by atoms with van der Waals surface area (Å²) in [4.78, 5) is 13.2. The van der Waals surface area contributed by atoms with Gasteiger partial charge in [-0.05, 0) is 44.0 Å². The normalized spacial score (nSPS) is 10.5. The van der Waals surface area contributed by atoms with Gasteiger partial charge in [0.2, 0.25) is 0 Å². The van der Waals surface area contributed by atoms with E-state index in [1.807, 2.05) is 19.2 Å². The number of methoxy groups -OCH3 is 1. The van der Waals surface area contributed by atoms with Crippen molar-refractivity contribution in [2.24, 2.45) is 0 Å². The van der Waals surface area contributed by atoms with Crippen molar-refractivity contribution in [1.82, 2.24) is 15.0 Å². The predicted molar refractivity (Wildman–Crippen MR) is 80.9 cm³/mol. The van der Waals surface area contributed by atoms with Crippen molar-refractivity contribution >= 4 is 37.7 Å². The van der Waals surface area contributed by atoms with Gasteiger partial charge in [-0.3, -0.25) is 4.98 Å². The van der Waals surface area contributed by atoms with Crippen LogP contribution in [0.4, 0.5) is 5.82 Å². The molecule has 0 bridgehead atoms. The summed E-state index contributed by atoms with van der Waals surface area (Å²) in [6.45, 7) is 0.404. The number of nitrogens with zero attached hydrogens (tertiary/aromatic N) is 3. The van der Waals surface area contributed by atoms with Crippen LogP contribution in [0.1, 0.15) is 5.69 Å². The van der Waals surface area contributed by atoms with E-state index in [2.05, 4.69) is 52.1 Å². The van der Waals surface area contributed by atoms with E-state index in [9.17, 15) is 0 Å². The molecule has 19 heavy (non-hydrogen) atoms. The maximum Gasteiger partial charge on any atom is 0.180 e. The molecule has 0 unspecified atom stereocenters. The molecule has 2 heterocycles. The van der Waals surface area contributed by atoms with Gasteiger partial charge in [0.1, 0.15) is 11.5 Å². The third-order valence-electron chi connectivity index (χ3n) is 2.39. The topological polar surface area (TPSA) is 59.9 Å². The molecule has 0 aliphatic heterocycles.